The number of anilines is 1. The van der Waals surface area contributed by atoms with Gasteiger partial charge >= 0.3 is 0 Å². The predicted molar refractivity (Wildman–Crippen MR) is 98.1 cm³/mol. The third-order valence-electron chi connectivity index (χ3n) is 3.37. The number of rotatable bonds is 4. The fourth-order valence-electron chi connectivity index (χ4n) is 2.05. The lowest BCUT2D eigenvalue weighted by Gasteiger charge is -2.11. The van der Waals surface area contributed by atoms with Gasteiger partial charge in [-0.2, -0.15) is 5.26 Å². The fourth-order valence-corrected chi connectivity index (χ4v) is 2.24. The molecule has 0 fully saturated rings. The maximum absolute atomic E-state index is 12.3. The fraction of sp³-hybridized carbons (Fsp3) is 0.105. The normalized spacial score (nSPS) is 10.7. The second-order valence-electron chi connectivity index (χ2n) is 5.42. The van der Waals surface area contributed by atoms with Crippen LogP contribution in [0.1, 0.15) is 15.9 Å². The predicted octanol–water partition coefficient (Wildman–Crippen LogP) is 3.59. The molecule has 0 saturated carbocycles. The van der Waals surface area contributed by atoms with E-state index in [1.807, 2.05) is 6.07 Å². The lowest BCUT2D eigenvalue weighted by Crippen LogP contribution is -2.21. The van der Waals surface area contributed by atoms with Crippen molar-refractivity contribution in [2.75, 3.05) is 19.4 Å². The topological polar surface area (TPSA) is 73.2 Å². The minimum Gasteiger partial charge on any atom is -0.345 e. The number of amides is 2. The molecule has 0 atom stereocenters. The molecule has 2 aromatic carbocycles. The molecule has 0 heterocycles. The smallest absolute Gasteiger partial charge is 0.266 e. The van der Waals surface area contributed by atoms with Gasteiger partial charge in [0.05, 0.1) is 0 Å². The highest BCUT2D eigenvalue weighted by atomic mass is 35.5. The summed E-state index contributed by atoms with van der Waals surface area (Å²) in [6.45, 7) is 0. The highest BCUT2D eigenvalue weighted by molar-refractivity contribution is 6.32. The maximum Gasteiger partial charge on any atom is 0.266 e. The van der Waals surface area contributed by atoms with E-state index in [1.165, 1.54) is 11.0 Å². The van der Waals surface area contributed by atoms with E-state index in [-0.39, 0.29) is 11.5 Å². The number of nitrogens with one attached hydrogen (secondary N) is 1. The van der Waals surface area contributed by atoms with E-state index < -0.39 is 5.91 Å². The Balaban J connectivity index is 2.16. The average Bonchev–Trinajstić information content (AvgIpc) is 2.60. The van der Waals surface area contributed by atoms with Crippen LogP contribution < -0.4 is 5.32 Å². The lowest BCUT2D eigenvalue weighted by molar-refractivity contribution is -0.112. The Morgan fingerprint density at radius 3 is 2.32 bits per heavy atom. The molecule has 0 unspecified atom stereocenters. The molecule has 126 valence electrons. The Morgan fingerprint density at radius 2 is 1.76 bits per heavy atom. The van der Waals surface area contributed by atoms with Gasteiger partial charge in [-0.1, -0.05) is 29.8 Å². The Morgan fingerprint density at radius 1 is 1.12 bits per heavy atom. The SMILES string of the molecule is CN(C)C(=O)c1ccc(NC(=O)/C(C#N)=C/c2ccccc2Cl)cc1. The van der Waals surface area contributed by atoms with Crippen LogP contribution >= 0.6 is 11.6 Å². The first kappa shape index (κ1) is 18.2. The zero-order chi connectivity index (χ0) is 18.4. The molecule has 0 aliphatic heterocycles. The molecule has 0 saturated heterocycles. The molecule has 2 amide bonds. The van der Waals surface area contributed by atoms with Crippen molar-refractivity contribution in [3.63, 3.8) is 0 Å². The number of nitriles is 1. The Kier molecular flexibility index (Phi) is 5.93. The summed E-state index contributed by atoms with van der Waals surface area (Å²) in [5.41, 5.74) is 1.51. The van der Waals surface area contributed by atoms with E-state index in [1.54, 1.807) is 62.6 Å². The Bertz CT molecular complexity index is 865. The van der Waals surface area contributed by atoms with Crippen molar-refractivity contribution in [1.82, 2.24) is 4.90 Å². The van der Waals surface area contributed by atoms with Gasteiger partial charge in [0.2, 0.25) is 0 Å². The molecule has 0 spiro atoms. The summed E-state index contributed by atoms with van der Waals surface area (Å²) in [5.74, 6) is -0.677. The standard InChI is InChI=1S/C19H16ClN3O2/c1-23(2)19(25)13-7-9-16(10-8-13)22-18(24)15(12-21)11-14-5-3-4-6-17(14)20/h3-11H,1-2H3,(H,22,24)/b15-11+. The van der Waals surface area contributed by atoms with Gasteiger partial charge in [0.15, 0.2) is 0 Å². The lowest BCUT2D eigenvalue weighted by atomic mass is 10.1. The first-order valence-corrected chi connectivity index (χ1v) is 7.79. The van der Waals surface area contributed by atoms with Gasteiger partial charge in [0.1, 0.15) is 11.6 Å². The van der Waals surface area contributed by atoms with Crippen molar-refractivity contribution in [2.24, 2.45) is 0 Å². The van der Waals surface area contributed by atoms with Crippen molar-refractivity contribution in [3.8, 4) is 6.07 Å². The third kappa shape index (κ3) is 4.69. The van der Waals surface area contributed by atoms with Crippen LogP contribution in [0, 0.1) is 11.3 Å². The van der Waals surface area contributed by atoms with Crippen molar-refractivity contribution < 1.29 is 9.59 Å². The highest BCUT2D eigenvalue weighted by Crippen LogP contribution is 2.19. The van der Waals surface area contributed by atoms with Crippen LogP contribution in [0.3, 0.4) is 0 Å². The van der Waals surface area contributed by atoms with E-state index in [0.29, 0.717) is 21.8 Å². The molecular formula is C19H16ClN3O2. The summed E-state index contributed by atoms with van der Waals surface area (Å²) in [6.07, 6.45) is 1.43. The zero-order valence-corrected chi connectivity index (χ0v) is 14.5. The molecule has 0 bridgehead atoms. The quantitative estimate of drug-likeness (QED) is 0.674. The first-order chi connectivity index (χ1) is 11.9. The van der Waals surface area contributed by atoms with Gasteiger partial charge in [-0.25, -0.2) is 0 Å². The van der Waals surface area contributed by atoms with Crippen LogP contribution in [-0.2, 0) is 4.79 Å². The second kappa shape index (κ2) is 8.13. The largest absolute Gasteiger partial charge is 0.345 e. The number of hydrogen-bond acceptors (Lipinski definition) is 3. The molecule has 0 radical (unpaired) electrons. The molecule has 0 aromatic heterocycles. The average molecular weight is 354 g/mol. The molecule has 0 aliphatic rings. The number of halogens is 1. The minimum absolute atomic E-state index is 0.0680. The summed E-state index contributed by atoms with van der Waals surface area (Å²) >= 11 is 6.04. The van der Waals surface area contributed by atoms with Crippen LogP contribution in [-0.4, -0.2) is 30.8 Å². The number of hydrogen-bond donors (Lipinski definition) is 1. The van der Waals surface area contributed by atoms with Crippen molar-refractivity contribution in [2.45, 2.75) is 0 Å². The summed E-state index contributed by atoms with van der Waals surface area (Å²) in [5, 5.41) is 12.3. The maximum atomic E-state index is 12.3. The molecule has 5 nitrogen and oxygen atoms in total. The second-order valence-corrected chi connectivity index (χ2v) is 5.83. The van der Waals surface area contributed by atoms with E-state index in [4.69, 9.17) is 11.6 Å². The van der Waals surface area contributed by atoms with Gasteiger partial charge in [0, 0.05) is 30.4 Å². The monoisotopic (exact) mass is 353 g/mol. The van der Waals surface area contributed by atoms with Gasteiger partial charge in [-0.05, 0) is 42.0 Å². The van der Waals surface area contributed by atoms with Crippen molar-refractivity contribution >= 4 is 35.2 Å². The summed E-state index contributed by atoms with van der Waals surface area (Å²) in [4.78, 5) is 25.6. The third-order valence-corrected chi connectivity index (χ3v) is 3.71. The number of carbonyl (C=O) groups is 2. The Labute approximate surface area is 151 Å². The van der Waals surface area contributed by atoms with Crippen LogP contribution in [0.2, 0.25) is 5.02 Å². The van der Waals surface area contributed by atoms with E-state index in [2.05, 4.69) is 5.32 Å². The molecule has 25 heavy (non-hydrogen) atoms. The van der Waals surface area contributed by atoms with Gasteiger partial charge in [-0.3, -0.25) is 9.59 Å². The van der Waals surface area contributed by atoms with Crippen LogP contribution in [0.5, 0.6) is 0 Å². The Hall–Kier alpha value is -3.10. The summed E-state index contributed by atoms with van der Waals surface area (Å²) < 4.78 is 0. The van der Waals surface area contributed by atoms with E-state index in [0.717, 1.165) is 0 Å². The van der Waals surface area contributed by atoms with Crippen LogP contribution in [0.4, 0.5) is 5.69 Å². The van der Waals surface area contributed by atoms with Gasteiger partial charge < -0.3 is 10.2 Å². The number of carbonyl (C=O) groups excluding carboxylic acids is 2. The molecule has 2 rings (SSSR count). The molecule has 0 aliphatic carbocycles. The van der Waals surface area contributed by atoms with E-state index >= 15 is 0 Å². The highest BCUT2D eigenvalue weighted by Gasteiger charge is 2.12. The molecule has 6 heteroatoms. The summed E-state index contributed by atoms with van der Waals surface area (Å²) in [7, 11) is 3.33. The molecule has 2 aromatic rings. The van der Waals surface area contributed by atoms with E-state index in [9.17, 15) is 14.9 Å². The van der Waals surface area contributed by atoms with Crippen molar-refractivity contribution in [3.05, 3.63) is 70.3 Å². The zero-order valence-electron chi connectivity index (χ0n) is 13.8. The summed E-state index contributed by atoms with van der Waals surface area (Å²) in [6, 6.07) is 15.3. The van der Waals surface area contributed by atoms with Crippen LogP contribution in [0.25, 0.3) is 6.08 Å². The number of benzene rings is 2. The number of nitrogens with zero attached hydrogens (tertiary/aromatic N) is 2. The molecule has 1 N–H and O–H groups in total. The van der Waals surface area contributed by atoms with Gasteiger partial charge in [0.25, 0.3) is 11.8 Å². The van der Waals surface area contributed by atoms with Crippen molar-refractivity contribution in [1.29, 1.82) is 5.26 Å². The van der Waals surface area contributed by atoms with Gasteiger partial charge in [-0.15, -0.1) is 0 Å². The minimum atomic E-state index is -0.547. The molecular weight excluding hydrogens is 338 g/mol. The first-order valence-electron chi connectivity index (χ1n) is 7.41. The van der Waals surface area contributed by atoms with Crippen LogP contribution in [0.15, 0.2) is 54.1 Å².